The van der Waals surface area contributed by atoms with Crippen LogP contribution in [-0.4, -0.2) is 36.4 Å². The van der Waals surface area contributed by atoms with Crippen molar-refractivity contribution in [1.29, 1.82) is 0 Å². The first-order valence-corrected chi connectivity index (χ1v) is 5.29. The number of halogens is 5. The van der Waals surface area contributed by atoms with E-state index in [1.807, 2.05) is 0 Å². The van der Waals surface area contributed by atoms with Crippen molar-refractivity contribution in [2.75, 3.05) is 18.6 Å². The molecule has 1 nitrogen and oxygen atoms in total. The van der Waals surface area contributed by atoms with Crippen LogP contribution < -0.4 is 0 Å². The Bertz CT molecular complexity index is 131. The molecule has 0 rings (SSSR count). The van der Waals surface area contributed by atoms with Gasteiger partial charge in [0.25, 0.3) is 0 Å². The van der Waals surface area contributed by atoms with Crippen molar-refractivity contribution in [2.45, 2.75) is 19.9 Å². The molecule has 0 aromatic heterocycles. The smallest absolute Gasteiger partial charge is 0.418 e. The summed E-state index contributed by atoms with van der Waals surface area (Å²) in [6.07, 6.45) is 0. The molecule has 7 heteroatoms. The minimum absolute atomic E-state index is 0.742. The van der Waals surface area contributed by atoms with Crippen molar-refractivity contribution in [3.63, 3.8) is 0 Å². The van der Waals surface area contributed by atoms with Crippen LogP contribution >= 0.6 is 22.6 Å². The molecule has 13 heavy (non-hydrogen) atoms. The van der Waals surface area contributed by atoms with Crippen molar-refractivity contribution in [3.8, 4) is 0 Å². The van der Waals surface area contributed by atoms with E-state index in [4.69, 9.17) is 0 Å². The minimum Gasteiger partial charge on any atom is -0.418 e. The van der Waals surface area contributed by atoms with Gasteiger partial charge in [-0.2, -0.15) is 0 Å². The van der Waals surface area contributed by atoms with Gasteiger partial charge in [0.05, 0.1) is 20.1 Å². The molecule has 0 aliphatic carbocycles. The van der Waals surface area contributed by atoms with Gasteiger partial charge in [0, 0.05) is 0 Å². The molecule has 0 spiro atoms. The normalized spacial score (nSPS) is 12.5. The zero-order chi connectivity index (χ0) is 11.3. The van der Waals surface area contributed by atoms with Crippen LogP contribution in [0.15, 0.2) is 0 Å². The zero-order valence-corrected chi connectivity index (χ0v) is 10.4. The van der Waals surface area contributed by atoms with Gasteiger partial charge in [0.2, 0.25) is 0 Å². The lowest BCUT2D eigenvalue weighted by Crippen LogP contribution is -2.44. The van der Waals surface area contributed by atoms with Gasteiger partial charge >= 0.3 is 7.25 Å². The molecule has 0 saturated carbocycles. The molecule has 82 valence electrons. The molecular weight excluding hydrogens is 300 g/mol. The zero-order valence-electron chi connectivity index (χ0n) is 8.20. The molecule has 0 aromatic carbocycles. The first-order chi connectivity index (χ1) is 5.50. The third-order valence-corrected chi connectivity index (χ3v) is 3.46. The number of quaternary nitrogens is 1. The molecule has 0 atom stereocenters. The van der Waals surface area contributed by atoms with Crippen molar-refractivity contribution in [2.24, 2.45) is 0 Å². The maximum absolute atomic E-state index is 9.75. The summed E-state index contributed by atoms with van der Waals surface area (Å²) in [5.74, 6) is 0. The summed E-state index contributed by atoms with van der Waals surface area (Å²) in [4.78, 5) is 0. The molecule has 0 unspecified atom stereocenters. The van der Waals surface area contributed by atoms with Crippen LogP contribution in [0.5, 0.6) is 0 Å². The molecule has 0 heterocycles. The molecule has 0 saturated heterocycles. The summed E-state index contributed by atoms with van der Waals surface area (Å²) < 4.78 is 41.3. The summed E-state index contributed by atoms with van der Waals surface area (Å²) >= 11 is 2.42. The van der Waals surface area contributed by atoms with E-state index in [1.165, 1.54) is 4.55 Å². The first kappa shape index (κ1) is 15.9. The van der Waals surface area contributed by atoms with Gasteiger partial charge < -0.3 is 21.7 Å². The van der Waals surface area contributed by atoms with Gasteiger partial charge in [-0.15, -0.1) is 0 Å². The molecule has 0 aromatic rings. The standard InChI is InChI=1S/C6H15IN.BF4/c1-6(2)8(3,4)5-7;2-1(3,4)5/h6H,5H2,1-4H3;/q+1;-1. The van der Waals surface area contributed by atoms with Gasteiger partial charge in [-0.25, -0.2) is 0 Å². The largest absolute Gasteiger partial charge is 0.673 e. The van der Waals surface area contributed by atoms with E-state index in [2.05, 4.69) is 50.5 Å². The van der Waals surface area contributed by atoms with Gasteiger partial charge in [-0.3, -0.25) is 0 Å². The number of alkyl halides is 1. The number of nitrogens with zero attached hydrogens (tertiary/aromatic N) is 1. The molecule has 0 bridgehead atoms. The second-order valence-electron chi connectivity index (χ2n) is 3.49. The van der Waals surface area contributed by atoms with E-state index in [0.29, 0.717) is 0 Å². The summed E-state index contributed by atoms with van der Waals surface area (Å²) in [6, 6.07) is 0.742. The average molecular weight is 315 g/mol. The Hall–Kier alpha value is 0.475. The monoisotopic (exact) mass is 315 g/mol. The predicted octanol–water partition coefficient (Wildman–Crippen LogP) is 3.16. The van der Waals surface area contributed by atoms with Gasteiger partial charge in [0.15, 0.2) is 0 Å². The summed E-state index contributed by atoms with van der Waals surface area (Å²) in [5, 5.41) is 0. The number of hydrogen-bond acceptors (Lipinski definition) is 0. The number of hydrogen-bond donors (Lipinski definition) is 0. The number of rotatable bonds is 2. The van der Waals surface area contributed by atoms with E-state index in [9.17, 15) is 17.3 Å². The van der Waals surface area contributed by atoms with Crippen LogP contribution in [0.4, 0.5) is 17.3 Å². The maximum Gasteiger partial charge on any atom is 0.673 e. The fourth-order valence-corrected chi connectivity index (χ4v) is 0.926. The van der Waals surface area contributed by atoms with E-state index >= 15 is 0 Å². The Morgan fingerprint density at radius 1 is 1.15 bits per heavy atom. The van der Waals surface area contributed by atoms with Crippen LogP contribution in [0.3, 0.4) is 0 Å². The van der Waals surface area contributed by atoms with Gasteiger partial charge in [-0.05, 0) is 36.4 Å². The molecule has 0 amide bonds. The maximum atomic E-state index is 9.75. The molecule has 0 aliphatic rings. The Kier molecular flexibility index (Phi) is 7.41. The molecular formula is C6H15BF4IN. The summed E-state index contributed by atoms with van der Waals surface area (Å²) in [5.41, 5.74) is 0. The van der Waals surface area contributed by atoms with Crippen molar-refractivity contribution in [3.05, 3.63) is 0 Å². The van der Waals surface area contributed by atoms with Crippen molar-refractivity contribution < 1.29 is 21.7 Å². The van der Waals surface area contributed by atoms with Crippen molar-refractivity contribution >= 4 is 29.8 Å². The van der Waals surface area contributed by atoms with Crippen LogP contribution in [-0.2, 0) is 0 Å². The second-order valence-corrected chi connectivity index (χ2v) is 4.17. The highest BCUT2D eigenvalue weighted by atomic mass is 127. The van der Waals surface area contributed by atoms with Gasteiger partial charge in [-0.1, -0.05) is 0 Å². The van der Waals surface area contributed by atoms with Crippen LogP contribution in [0.1, 0.15) is 13.8 Å². The van der Waals surface area contributed by atoms with Crippen LogP contribution in [0, 0.1) is 0 Å². The Morgan fingerprint density at radius 2 is 1.38 bits per heavy atom. The van der Waals surface area contributed by atoms with Crippen LogP contribution in [0.2, 0.25) is 0 Å². The minimum atomic E-state index is -6.00. The quantitative estimate of drug-likeness (QED) is 0.183. The fourth-order valence-electron chi connectivity index (χ4n) is 0.138. The third kappa shape index (κ3) is 15.2. The third-order valence-electron chi connectivity index (χ3n) is 1.71. The molecule has 0 aliphatic heterocycles. The Labute approximate surface area is 90.3 Å². The predicted molar refractivity (Wildman–Crippen MR) is 56.3 cm³/mol. The van der Waals surface area contributed by atoms with E-state index in [-0.39, 0.29) is 0 Å². The molecule has 0 N–H and O–H groups in total. The average Bonchev–Trinajstić information content (AvgIpc) is 1.83. The van der Waals surface area contributed by atoms with Gasteiger partial charge in [0.1, 0.15) is 4.55 Å². The van der Waals surface area contributed by atoms with E-state index < -0.39 is 7.25 Å². The Balaban J connectivity index is 0. The highest BCUT2D eigenvalue weighted by Crippen LogP contribution is 2.07. The lowest BCUT2D eigenvalue weighted by Gasteiger charge is -2.31. The summed E-state index contributed by atoms with van der Waals surface area (Å²) in [6.45, 7) is 4.50. The summed E-state index contributed by atoms with van der Waals surface area (Å²) in [7, 11) is -1.51. The Morgan fingerprint density at radius 3 is 1.38 bits per heavy atom. The lowest BCUT2D eigenvalue weighted by atomic mass is 10.3. The van der Waals surface area contributed by atoms with E-state index in [0.717, 1.165) is 10.5 Å². The van der Waals surface area contributed by atoms with E-state index in [1.54, 1.807) is 0 Å². The lowest BCUT2D eigenvalue weighted by molar-refractivity contribution is -0.895. The molecule has 0 fully saturated rings. The first-order valence-electron chi connectivity index (χ1n) is 3.76. The molecule has 0 radical (unpaired) electrons. The highest BCUT2D eigenvalue weighted by molar-refractivity contribution is 14.1. The second kappa shape index (κ2) is 6.05. The highest BCUT2D eigenvalue weighted by Gasteiger charge is 2.20. The topological polar surface area (TPSA) is 0 Å². The fraction of sp³-hybridized carbons (Fsp3) is 1.00. The van der Waals surface area contributed by atoms with Crippen LogP contribution in [0.25, 0.3) is 0 Å². The van der Waals surface area contributed by atoms with Crippen molar-refractivity contribution in [1.82, 2.24) is 0 Å². The SMILES string of the molecule is CC(C)[N+](C)(C)CI.F[B-](F)(F)F.